The van der Waals surface area contributed by atoms with Gasteiger partial charge in [0, 0.05) is 6.54 Å². The van der Waals surface area contributed by atoms with Gasteiger partial charge in [-0.05, 0) is 56.2 Å². The Balaban J connectivity index is 1.56. The summed E-state index contributed by atoms with van der Waals surface area (Å²) in [4.78, 5) is 12.4. The van der Waals surface area contributed by atoms with Gasteiger partial charge in [0.1, 0.15) is 30.8 Å². The van der Waals surface area contributed by atoms with Crippen LogP contribution in [0.5, 0.6) is 5.75 Å². The molecular weight excluding hydrogens is 385 g/mol. The number of ether oxygens (including phenoxy) is 2. The van der Waals surface area contributed by atoms with Crippen molar-refractivity contribution in [3.8, 4) is 5.75 Å². The summed E-state index contributed by atoms with van der Waals surface area (Å²) in [5, 5.41) is 0. The van der Waals surface area contributed by atoms with E-state index in [-0.39, 0.29) is 24.7 Å². The van der Waals surface area contributed by atoms with Crippen molar-refractivity contribution in [3.05, 3.63) is 59.9 Å². The Hall–Kier alpha value is -2.45. The molecule has 0 saturated carbocycles. The number of carbonyl (C=O) groups is 1. The Bertz CT molecular complexity index is 913. The van der Waals surface area contributed by atoms with Crippen LogP contribution in [0.4, 0.5) is 4.39 Å². The lowest BCUT2D eigenvalue weighted by Gasteiger charge is -2.22. The summed E-state index contributed by atoms with van der Waals surface area (Å²) < 4.78 is 50.5. The van der Waals surface area contributed by atoms with Gasteiger partial charge in [-0.15, -0.1) is 0 Å². The minimum atomic E-state index is -3.89. The maximum Gasteiger partial charge on any atom is 0.324 e. The van der Waals surface area contributed by atoms with Crippen LogP contribution in [0.25, 0.3) is 0 Å². The standard InChI is InChI=1S/C20H22FNO5S/c1-15-4-8-17(9-5-15)26-13-14-27-20(23)19-3-2-12-22(19)28(24,25)18-10-6-16(21)7-11-18/h4-11,19H,2-3,12-14H2,1H3/t19-/m0/s1. The van der Waals surface area contributed by atoms with Crippen LogP contribution in [-0.4, -0.2) is 44.5 Å². The van der Waals surface area contributed by atoms with Crippen LogP contribution in [0.1, 0.15) is 18.4 Å². The summed E-state index contributed by atoms with van der Waals surface area (Å²) in [6.07, 6.45) is 0.943. The van der Waals surface area contributed by atoms with Gasteiger partial charge in [-0.2, -0.15) is 4.31 Å². The second-order valence-electron chi connectivity index (χ2n) is 6.56. The van der Waals surface area contributed by atoms with E-state index in [4.69, 9.17) is 9.47 Å². The Morgan fingerprint density at radius 3 is 2.46 bits per heavy atom. The Morgan fingerprint density at radius 1 is 1.11 bits per heavy atom. The van der Waals surface area contributed by atoms with Crippen LogP contribution in [-0.2, 0) is 19.6 Å². The predicted octanol–water partition coefficient (Wildman–Crippen LogP) is 2.91. The molecule has 1 aliphatic heterocycles. The molecule has 1 aliphatic rings. The first-order valence-corrected chi connectivity index (χ1v) is 10.5. The van der Waals surface area contributed by atoms with Gasteiger partial charge < -0.3 is 9.47 Å². The lowest BCUT2D eigenvalue weighted by Crippen LogP contribution is -2.41. The number of sulfonamides is 1. The quantitative estimate of drug-likeness (QED) is 0.521. The third-order valence-corrected chi connectivity index (χ3v) is 6.44. The highest BCUT2D eigenvalue weighted by molar-refractivity contribution is 7.89. The molecule has 2 aromatic carbocycles. The van der Waals surface area contributed by atoms with Crippen LogP contribution in [0.3, 0.4) is 0 Å². The zero-order valence-corrected chi connectivity index (χ0v) is 16.3. The summed E-state index contributed by atoms with van der Waals surface area (Å²) in [6, 6.07) is 11.2. The number of hydrogen-bond acceptors (Lipinski definition) is 5. The molecule has 1 atom stereocenters. The van der Waals surface area contributed by atoms with Crippen molar-refractivity contribution in [2.75, 3.05) is 19.8 Å². The second kappa shape index (κ2) is 8.70. The lowest BCUT2D eigenvalue weighted by molar-refractivity contribution is -0.148. The van der Waals surface area contributed by atoms with Crippen LogP contribution in [0.15, 0.2) is 53.4 Å². The molecule has 1 fully saturated rings. The Morgan fingerprint density at radius 2 is 1.79 bits per heavy atom. The Kier molecular flexibility index (Phi) is 6.31. The number of carbonyl (C=O) groups excluding carboxylic acids is 1. The highest BCUT2D eigenvalue weighted by Gasteiger charge is 2.40. The molecule has 0 unspecified atom stereocenters. The van der Waals surface area contributed by atoms with Crippen molar-refractivity contribution < 1.29 is 27.1 Å². The van der Waals surface area contributed by atoms with Crippen molar-refractivity contribution in [2.24, 2.45) is 0 Å². The fourth-order valence-corrected chi connectivity index (χ4v) is 4.68. The third-order valence-electron chi connectivity index (χ3n) is 4.51. The van der Waals surface area contributed by atoms with Crippen molar-refractivity contribution >= 4 is 16.0 Å². The van der Waals surface area contributed by atoms with Crippen LogP contribution in [0.2, 0.25) is 0 Å². The fraction of sp³-hybridized carbons (Fsp3) is 0.350. The van der Waals surface area contributed by atoms with Gasteiger partial charge >= 0.3 is 5.97 Å². The van der Waals surface area contributed by atoms with Crippen molar-refractivity contribution in [1.29, 1.82) is 0 Å². The minimum Gasteiger partial charge on any atom is -0.490 e. The van der Waals surface area contributed by atoms with Gasteiger partial charge in [0.2, 0.25) is 10.0 Å². The number of hydrogen-bond donors (Lipinski definition) is 0. The lowest BCUT2D eigenvalue weighted by atomic mass is 10.2. The molecule has 0 N–H and O–H groups in total. The van der Waals surface area contributed by atoms with Crippen molar-refractivity contribution in [3.63, 3.8) is 0 Å². The zero-order chi connectivity index (χ0) is 20.1. The molecule has 3 rings (SSSR count). The van der Waals surface area contributed by atoms with Crippen molar-refractivity contribution in [1.82, 2.24) is 4.31 Å². The SMILES string of the molecule is Cc1ccc(OCCOC(=O)[C@@H]2CCCN2S(=O)(=O)c2ccc(F)cc2)cc1. The second-order valence-corrected chi connectivity index (χ2v) is 8.45. The predicted molar refractivity (Wildman–Crippen MR) is 101 cm³/mol. The number of esters is 1. The molecule has 2 aromatic rings. The molecular formula is C20H22FNO5S. The van der Waals surface area contributed by atoms with E-state index in [1.54, 1.807) is 0 Å². The molecule has 8 heteroatoms. The molecule has 0 radical (unpaired) electrons. The molecule has 0 spiro atoms. The molecule has 1 heterocycles. The van der Waals surface area contributed by atoms with E-state index < -0.39 is 27.9 Å². The number of nitrogens with zero attached hydrogens (tertiary/aromatic N) is 1. The van der Waals surface area contributed by atoms with Crippen molar-refractivity contribution in [2.45, 2.75) is 30.7 Å². The van der Waals surface area contributed by atoms with Gasteiger partial charge in [-0.25, -0.2) is 12.8 Å². The fourth-order valence-electron chi connectivity index (χ4n) is 3.04. The van der Waals surface area contributed by atoms with E-state index in [9.17, 15) is 17.6 Å². The molecule has 0 bridgehead atoms. The topological polar surface area (TPSA) is 72.9 Å². The largest absolute Gasteiger partial charge is 0.490 e. The van der Waals surface area contributed by atoms with E-state index in [0.717, 1.165) is 22.0 Å². The van der Waals surface area contributed by atoms with Gasteiger partial charge in [-0.3, -0.25) is 4.79 Å². The summed E-state index contributed by atoms with van der Waals surface area (Å²) in [6.45, 7) is 2.39. The van der Waals surface area contributed by atoms with E-state index in [1.165, 1.54) is 12.1 Å². The van der Waals surface area contributed by atoms with E-state index >= 15 is 0 Å². The van der Waals surface area contributed by atoms with Crippen LogP contribution < -0.4 is 4.74 Å². The van der Waals surface area contributed by atoms with E-state index in [2.05, 4.69) is 0 Å². The summed E-state index contributed by atoms with van der Waals surface area (Å²) >= 11 is 0. The van der Waals surface area contributed by atoms with Crippen LogP contribution >= 0.6 is 0 Å². The summed E-state index contributed by atoms with van der Waals surface area (Å²) in [5.41, 5.74) is 1.11. The normalized spacial score (nSPS) is 17.4. The summed E-state index contributed by atoms with van der Waals surface area (Å²) in [7, 11) is -3.89. The number of rotatable bonds is 7. The third kappa shape index (κ3) is 4.69. The molecule has 1 saturated heterocycles. The Labute approximate surface area is 163 Å². The van der Waals surface area contributed by atoms with Gasteiger partial charge in [-0.1, -0.05) is 17.7 Å². The molecule has 0 amide bonds. The van der Waals surface area contributed by atoms with Gasteiger partial charge in [0.25, 0.3) is 0 Å². The molecule has 28 heavy (non-hydrogen) atoms. The maximum absolute atomic E-state index is 13.1. The van der Waals surface area contributed by atoms with E-state index in [1.807, 2.05) is 31.2 Å². The minimum absolute atomic E-state index is 0.0215. The maximum atomic E-state index is 13.1. The first-order valence-electron chi connectivity index (χ1n) is 9.01. The zero-order valence-electron chi connectivity index (χ0n) is 15.5. The smallest absolute Gasteiger partial charge is 0.324 e. The number of benzene rings is 2. The highest BCUT2D eigenvalue weighted by Crippen LogP contribution is 2.27. The average molecular weight is 407 g/mol. The molecule has 6 nitrogen and oxygen atoms in total. The monoisotopic (exact) mass is 407 g/mol. The van der Waals surface area contributed by atoms with Gasteiger partial charge in [0.15, 0.2) is 0 Å². The van der Waals surface area contributed by atoms with Crippen LogP contribution in [0, 0.1) is 12.7 Å². The molecule has 0 aromatic heterocycles. The molecule has 0 aliphatic carbocycles. The van der Waals surface area contributed by atoms with E-state index in [0.29, 0.717) is 18.6 Å². The highest BCUT2D eigenvalue weighted by atomic mass is 32.2. The summed E-state index contributed by atoms with van der Waals surface area (Å²) in [5.74, 6) is -0.455. The number of halogens is 1. The van der Waals surface area contributed by atoms with Gasteiger partial charge in [0.05, 0.1) is 4.90 Å². The first kappa shape index (κ1) is 20.3. The first-order chi connectivity index (χ1) is 13.4. The molecule has 150 valence electrons. The average Bonchev–Trinajstić information content (AvgIpc) is 3.18. The number of aryl methyl sites for hydroxylation is 1.